The summed E-state index contributed by atoms with van der Waals surface area (Å²) < 4.78 is 44.4. The van der Waals surface area contributed by atoms with Gasteiger partial charge in [0.1, 0.15) is 5.75 Å². The first-order chi connectivity index (χ1) is 9.02. The number of ether oxygens (including phenoxy) is 1. The maximum atomic E-state index is 13.5. The van der Waals surface area contributed by atoms with E-state index in [2.05, 4.69) is 5.32 Å². The van der Waals surface area contributed by atoms with Gasteiger partial charge in [0.05, 0.1) is 24.2 Å². The number of hydrogen-bond donors (Lipinski definition) is 2. The molecule has 0 fully saturated rings. The van der Waals surface area contributed by atoms with Crippen molar-refractivity contribution in [3.05, 3.63) is 47.8 Å². The summed E-state index contributed by atoms with van der Waals surface area (Å²) in [6, 6.07) is 6.63. The number of rotatable bonds is 3. The Balaban J connectivity index is 2.39. The summed E-state index contributed by atoms with van der Waals surface area (Å²) in [5.41, 5.74) is 6.15. The Labute approximate surface area is 107 Å². The smallest absolute Gasteiger partial charge is 0.196 e. The van der Waals surface area contributed by atoms with Gasteiger partial charge in [-0.1, -0.05) is 0 Å². The van der Waals surface area contributed by atoms with Crippen molar-refractivity contribution in [2.75, 3.05) is 18.2 Å². The molecule has 0 aliphatic rings. The average molecular weight is 268 g/mol. The van der Waals surface area contributed by atoms with Crippen LogP contribution in [0.3, 0.4) is 0 Å². The van der Waals surface area contributed by atoms with Crippen LogP contribution in [-0.2, 0) is 0 Å². The number of halogens is 3. The zero-order valence-corrected chi connectivity index (χ0v) is 10.0. The third-order valence-corrected chi connectivity index (χ3v) is 2.56. The molecule has 0 aromatic heterocycles. The first kappa shape index (κ1) is 13.1. The first-order valence-corrected chi connectivity index (χ1v) is 5.37. The van der Waals surface area contributed by atoms with Crippen molar-refractivity contribution in [2.24, 2.45) is 0 Å². The molecule has 19 heavy (non-hydrogen) atoms. The molecule has 3 nitrogen and oxygen atoms in total. The van der Waals surface area contributed by atoms with Gasteiger partial charge < -0.3 is 15.8 Å². The highest BCUT2D eigenvalue weighted by Crippen LogP contribution is 2.29. The summed E-state index contributed by atoms with van der Waals surface area (Å²) >= 11 is 0. The van der Waals surface area contributed by atoms with Gasteiger partial charge in [-0.2, -0.15) is 0 Å². The maximum absolute atomic E-state index is 13.5. The summed E-state index contributed by atoms with van der Waals surface area (Å²) in [5, 5.41) is 2.60. The predicted octanol–water partition coefficient (Wildman–Crippen LogP) is 3.44. The summed E-state index contributed by atoms with van der Waals surface area (Å²) in [4.78, 5) is 0. The van der Waals surface area contributed by atoms with Crippen LogP contribution in [0.1, 0.15) is 0 Å². The summed E-state index contributed by atoms with van der Waals surface area (Å²) in [6.07, 6.45) is 0. The zero-order valence-electron chi connectivity index (χ0n) is 10.0. The monoisotopic (exact) mass is 268 g/mol. The lowest BCUT2D eigenvalue weighted by molar-refractivity contribution is 0.415. The van der Waals surface area contributed by atoms with E-state index in [1.807, 2.05) is 0 Å². The van der Waals surface area contributed by atoms with E-state index in [0.29, 0.717) is 17.1 Å². The molecule has 2 rings (SSSR count). The number of anilines is 3. The van der Waals surface area contributed by atoms with Crippen molar-refractivity contribution in [3.8, 4) is 5.75 Å². The number of nitrogen functional groups attached to an aromatic ring is 1. The average Bonchev–Trinajstić information content (AvgIpc) is 2.41. The molecule has 0 unspecified atom stereocenters. The molecular formula is C13H11F3N2O. The Morgan fingerprint density at radius 2 is 1.74 bits per heavy atom. The van der Waals surface area contributed by atoms with Crippen LogP contribution < -0.4 is 15.8 Å². The highest BCUT2D eigenvalue weighted by Gasteiger charge is 2.14. The number of nitrogens with two attached hydrogens (primary N) is 1. The minimum Gasteiger partial charge on any atom is -0.497 e. The Bertz CT molecular complexity index is 617. The van der Waals surface area contributed by atoms with E-state index in [-0.39, 0.29) is 5.69 Å². The van der Waals surface area contributed by atoms with Gasteiger partial charge in [0, 0.05) is 6.07 Å². The Kier molecular flexibility index (Phi) is 3.50. The predicted molar refractivity (Wildman–Crippen MR) is 67.0 cm³/mol. The molecule has 0 aliphatic carbocycles. The van der Waals surface area contributed by atoms with Crippen LogP contribution in [0, 0.1) is 17.5 Å². The second kappa shape index (κ2) is 5.09. The van der Waals surface area contributed by atoms with Crippen LogP contribution in [0.2, 0.25) is 0 Å². The van der Waals surface area contributed by atoms with Crippen molar-refractivity contribution >= 4 is 17.1 Å². The third kappa shape index (κ3) is 2.57. The molecule has 100 valence electrons. The molecule has 0 amide bonds. The van der Waals surface area contributed by atoms with Crippen molar-refractivity contribution in [1.29, 1.82) is 0 Å². The summed E-state index contributed by atoms with van der Waals surface area (Å²) in [6.45, 7) is 0. The Hall–Kier alpha value is -2.37. The minimum absolute atomic E-state index is 0.209. The van der Waals surface area contributed by atoms with Gasteiger partial charge in [0.25, 0.3) is 0 Å². The van der Waals surface area contributed by atoms with E-state index in [1.165, 1.54) is 13.2 Å². The zero-order chi connectivity index (χ0) is 14.0. The van der Waals surface area contributed by atoms with Crippen LogP contribution in [0.5, 0.6) is 5.75 Å². The molecule has 0 heterocycles. The molecule has 0 spiro atoms. The van der Waals surface area contributed by atoms with Gasteiger partial charge in [-0.15, -0.1) is 0 Å². The van der Waals surface area contributed by atoms with Gasteiger partial charge in [-0.3, -0.25) is 0 Å². The molecule has 0 atom stereocenters. The molecule has 0 saturated carbocycles. The van der Waals surface area contributed by atoms with Crippen molar-refractivity contribution in [1.82, 2.24) is 0 Å². The molecule has 2 aromatic carbocycles. The maximum Gasteiger partial charge on any atom is 0.196 e. The van der Waals surface area contributed by atoms with Gasteiger partial charge in [-0.25, -0.2) is 13.2 Å². The number of hydrogen-bond acceptors (Lipinski definition) is 3. The van der Waals surface area contributed by atoms with E-state index in [0.717, 1.165) is 12.1 Å². The number of nitrogens with one attached hydrogen (secondary N) is 1. The quantitative estimate of drug-likeness (QED) is 0.662. The van der Waals surface area contributed by atoms with Crippen LogP contribution in [0.4, 0.5) is 30.2 Å². The normalized spacial score (nSPS) is 10.3. The molecule has 2 aromatic rings. The standard InChI is InChI=1S/C13H11F3N2O/c1-19-7-2-4-9(17)11(6-7)18-10-5-3-8(14)12(15)13(10)16/h2-6,18H,17H2,1H3. The van der Waals surface area contributed by atoms with Crippen LogP contribution in [-0.4, -0.2) is 7.11 Å². The van der Waals surface area contributed by atoms with Crippen LogP contribution >= 0.6 is 0 Å². The molecule has 3 N–H and O–H groups in total. The van der Waals surface area contributed by atoms with E-state index >= 15 is 0 Å². The van der Waals surface area contributed by atoms with Crippen molar-refractivity contribution in [3.63, 3.8) is 0 Å². The molecule has 0 bridgehead atoms. The Morgan fingerprint density at radius 3 is 2.42 bits per heavy atom. The number of benzene rings is 2. The summed E-state index contributed by atoms with van der Waals surface area (Å²) in [5.74, 6) is -3.59. The largest absolute Gasteiger partial charge is 0.497 e. The molecule has 0 saturated heterocycles. The summed E-state index contributed by atoms with van der Waals surface area (Å²) in [7, 11) is 1.47. The Morgan fingerprint density at radius 1 is 1.00 bits per heavy atom. The first-order valence-electron chi connectivity index (χ1n) is 5.37. The SMILES string of the molecule is COc1ccc(N)c(Nc2ccc(F)c(F)c2F)c1. The van der Waals surface area contributed by atoms with E-state index < -0.39 is 17.5 Å². The second-order valence-electron chi connectivity index (χ2n) is 3.80. The fourth-order valence-electron chi connectivity index (χ4n) is 1.54. The lowest BCUT2D eigenvalue weighted by Gasteiger charge is -2.12. The minimum atomic E-state index is -1.54. The van der Waals surface area contributed by atoms with E-state index in [4.69, 9.17) is 10.5 Å². The van der Waals surface area contributed by atoms with Crippen LogP contribution in [0.15, 0.2) is 30.3 Å². The van der Waals surface area contributed by atoms with E-state index in [9.17, 15) is 13.2 Å². The molecule has 6 heteroatoms. The number of methoxy groups -OCH3 is 1. The fraction of sp³-hybridized carbons (Fsp3) is 0.0769. The second-order valence-corrected chi connectivity index (χ2v) is 3.80. The third-order valence-electron chi connectivity index (χ3n) is 2.56. The van der Waals surface area contributed by atoms with Gasteiger partial charge >= 0.3 is 0 Å². The molecular weight excluding hydrogens is 257 g/mol. The van der Waals surface area contributed by atoms with E-state index in [1.54, 1.807) is 12.1 Å². The van der Waals surface area contributed by atoms with Gasteiger partial charge in [0.2, 0.25) is 0 Å². The van der Waals surface area contributed by atoms with Crippen molar-refractivity contribution < 1.29 is 17.9 Å². The van der Waals surface area contributed by atoms with Gasteiger partial charge in [0.15, 0.2) is 17.5 Å². The lowest BCUT2D eigenvalue weighted by atomic mass is 10.2. The van der Waals surface area contributed by atoms with Gasteiger partial charge in [-0.05, 0) is 24.3 Å². The topological polar surface area (TPSA) is 47.3 Å². The highest BCUT2D eigenvalue weighted by atomic mass is 19.2. The highest BCUT2D eigenvalue weighted by molar-refractivity contribution is 5.74. The fourth-order valence-corrected chi connectivity index (χ4v) is 1.54. The molecule has 0 radical (unpaired) electrons. The van der Waals surface area contributed by atoms with Crippen molar-refractivity contribution in [2.45, 2.75) is 0 Å². The van der Waals surface area contributed by atoms with Crippen LogP contribution in [0.25, 0.3) is 0 Å². The lowest BCUT2D eigenvalue weighted by Crippen LogP contribution is -2.01. The molecule has 0 aliphatic heterocycles.